The van der Waals surface area contributed by atoms with Crippen molar-refractivity contribution in [2.75, 3.05) is 24.7 Å². The summed E-state index contributed by atoms with van der Waals surface area (Å²) in [7, 11) is -3.36. The van der Waals surface area contributed by atoms with Gasteiger partial charge in [-0.25, -0.2) is 8.42 Å². The van der Waals surface area contributed by atoms with Gasteiger partial charge in [-0.3, -0.25) is 9.59 Å². The van der Waals surface area contributed by atoms with E-state index in [0.29, 0.717) is 23.6 Å². The second kappa shape index (κ2) is 8.48. The van der Waals surface area contributed by atoms with E-state index in [1.807, 2.05) is 6.92 Å². The molecule has 0 heterocycles. The van der Waals surface area contributed by atoms with Gasteiger partial charge in [0.15, 0.2) is 9.84 Å². The molecule has 2 aromatic rings. The minimum atomic E-state index is -3.36. The van der Waals surface area contributed by atoms with Gasteiger partial charge in [0.05, 0.1) is 18.0 Å². The average Bonchev–Trinajstić information content (AvgIpc) is 2.60. The molecule has 0 spiro atoms. The lowest BCUT2D eigenvalue weighted by atomic mass is 10.2. The number of carbonyl (C=O) groups is 2. The lowest BCUT2D eigenvalue weighted by Crippen LogP contribution is -2.32. The maximum Gasteiger partial charge on any atom is 0.251 e. The van der Waals surface area contributed by atoms with Gasteiger partial charge in [-0.1, -0.05) is 6.07 Å². The molecule has 2 N–H and O–H groups in total. The molecule has 0 aromatic heterocycles. The molecule has 26 heavy (non-hydrogen) atoms. The van der Waals surface area contributed by atoms with Crippen LogP contribution in [0.15, 0.2) is 53.4 Å². The summed E-state index contributed by atoms with van der Waals surface area (Å²) >= 11 is 0. The van der Waals surface area contributed by atoms with Gasteiger partial charge in [0.2, 0.25) is 5.91 Å². The minimum absolute atomic E-state index is 0.105. The number of anilines is 1. The van der Waals surface area contributed by atoms with E-state index < -0.39 is 21.7 Å². The number of carbonyl (C=O) groups excluding carboxylic acids is 2. The second-order valence-corrected chi connectivity index (χ2v) is 7.50. The first kappa shape index (κ1) is 19.5. The molecule has 0 saturated heterocycles. The molecule has 0 saturated carbocycles. The van der Waals surface area contributed by atoms with Crippen LogP contribution in [0.3, 0.4) is 0 Å². The summed E-state index contributed by atoms with van der Waals surface area (Å²) in [5, 5.41) is 5.05. The zero-order chi connectivity index (χ0) is 19.2. The molecule has 0 aliphatic carbocycles. The van der Waals surface area contributed by atoms with Crippen LogP contribution in [0.25, 0.3) is 0 Å². The van der Waals surface area contributed by atoms with E-state index in [2.05, 4.69) is 10.6 Å². The molecule has 2 aromatic carbocycles. The number of hydrogen-bond acceptors (Lipinski definition) is 5. The summed E-state index contributed by atoms with van der Waals surface area (Å²) in [6, 6.07) is 12.5. The zero-order valence-electron chi connectivity index (χ0n) is 14.5. The number of benzene rings is 2. The van der Waals surface area contributed by atoms with Gasteiger partial charge in [0, 0.05) is 17.5 Å². The SMILES string of the molecule is CCOc1ccc(C(=O)NCC(=O)Nc2cccc(S(C)(=O)=O)c2)cc1. The first-order valence-electron chi connectivity index (χ1n) is 7.90. The molecule has 2 amide bonds. The Morgan fingerprint density at radius 3 is 2.38 bits per heavy atom. The van der Waals surface area contributed by atoms with Gasteiger partial charge in [0.25, 0.3) is 5.91 Å². The second-order valence-electron chi connectivity index (χ2n) is 5.49. The lowest BCUT2D eigenvalue weighted by molar-refractivity contribution is -0.115. The van der Waals surface area contributed by atoms with Gasteiger partial charge < -0.3 is 15.4 Å². The molecule has 0 radical (unpaired) electrons. The van der Waals surface area contributed by atoms with Gasteiger partial charge in [-0.2, -0.15) is 0 Å². The van der Waals surface area contributed by atoms with Crippen molar-refractivity contribution in [2.24, 2.45) is 0 Å². The van der Waals surface area contributed by atoms with Crippen molar-refractivity contribution in [1.29, 1.82) is 0 Å². The Morgan fingerprint density at radius 2 is 1.77 bits per heavy atom. The van der Waals surface area contributed by atoms with Gasteiger partial charge in [-0.05, 0) is 49.4 Å². The Balaban J connectivity index is 1.91. The first-order valence-corrected chi connectivity index (χ1v) is 9.80. The zero-order valence-corrected chi connectivity index (χ0v) is 15.3. The smallest absolute Gasteiger partial charge is 0.251 e. The highest BCUT2D eigenvalue weighted by Gasteiger charge is 2.11. The van der Waals surface area contributed by atoms with Crippen molar-refractivity contribution in [3.8, 4) is 5.75 Å². The number of nitrogens with one attached hydrogen (secondary N) is 2. The average molecular weight is 376 g/mol. The van der Waals surface area contributed by atoms with Crippen LogP contribution in [0.5, 0.6) is 5.75 Å². The molecular weight excluding hydrogens is 356 g/mol. The van der Waals surface area contributed by atoms with Crippen LogP contribution >= 0.6 is 0 Å². The molecule has 2 rings (SSSR count). The Morgan fingerprint density at radius 1 is 1.08 bits per heavy atom. The summed E-state index contributed by atoms with van der Waals surface area (Å²) in [6.45, 7) is 2.16. The highest BCUT2D eigenvalue weighted by Crippen LogP contribution is 2.15. The summed E-state index contributed by atoms with van der Waals surface area (Å²) in [5.74, 6) is -0.199. The van der Waals surface area contributed by atoms with Gasteiger partial charge in [-0.15, -0.1) is 0 Å². The Kier molecular flexibility index (Phi) is 6.35. The molecule has 138 valence electrons. The van der Waals surface area contributed by atoms with Crippen molar-refractivity contribution in [2.45, 2.75) is 11.8 Å². The van der Waals surface area contributed by atoms with Gasteiger partial charge >= 0.3 is 0 Å². The van der Waals surface area contributed by atoms with Crippen LogP contribution in [-0.4, -0.2) is 39.6 Å². The van der Waals surface area contributed by atoms with Crippen LogP contribution in [-0.2, 0) is 14.6 Å². The summed E-state index contributed by atoms with van der Waals surface area (Å²) in [4.78, 5) is 24.1. The predicted molar refractivity (Wildman–Crippen MR) is 98.1 cm³/mol. The molecular formula is C18H20N2O5S. The van der Waals surface area contributed by atoms with E-state index in [4.69, 9.17) is 4.74 Å². The number of hydrogen-bond donors (Lipinski definition) is 2. The van der Waals surface area contributed by atoms with Crippen LogP contribution in [0, 0.1) is 0 Å². The van der Waals surface area contributed by atoms with E-state index >= 15 is 0 Å². The van der Waals surface area contributed by atoms with Crippen LogP contribution in [0.2, 0.25) is 0 Å². The molecule has 0 unspecified atom stereocenters. The molecule has 7 nitrogen and oxygen atoms in total. The Labute approximate surface area is 152 Å². The Hall–Kier alpha value is -2.87. The number of sulfone groups is 1. The molecule has 0 aliphatic heterocycles. The summed E-state index contributed by atoms with van der Waals surface area (Å²) in [6.07, 6.45) is 1.09. The monoisotopic (exact) mass is 376 g/mol. The van der Waals surface area contributed by atoms with E-state index in [1.54, 1.807) is 30.3 Å². The molecule has 0 atom stereocenters. The third-order valence-corrected chi connectivity index (χ3v) is 4.49. The highest BCUT2D eigenvalue weighted by atomic mass is 32.2. The standard InChI is InChI=1S/C18H20N2O5S/c1-3-25-15-9-7-13(8-10-15)18(22)19-12-17(21)20-14-5-4-6-16(11-14)26(2,23)24/h4-11H,3,12H2,1-2H3,(H,19,22)(H,20,21). The molecule has 8 heteroatoms. The molecule has 0 aliphatic rings. The third-order valence-electron chi connectivity index (χ3n) is 3.38. The maximum absolute atomic E-state index is 12.0. The first-order chi connectivity index (χ1) is 12.3. The van der Waals surface area contributed by atoms with Crippen LogP contribution < -0.4 is 15.4 Å². The summed E-state index contributed by atoms with van der Waals surface area (Å²) in [5.41, 5.74) is 0.744. The third kappa shape index (κ3) is 5.59. The van der Waals surface area contributed by atoms with Crippen molar-refractivity contribution >= 4 is 27.3 Å². The largest absolute Gasteiger partial charge is 0.494 e. The van der Waals surface area contributed by atoms with Crippen molar-refractivity contribution in [1.82, 2.24) is 5.32 Å². The number of ether oxygens (including phenoxy) is 1. The number of rotatable bonds is 7. The topological polar surface area (TPSA) is 102 Å². The quantitative estimate of drug-likeness (QED) is 0.768. The van der Waals surface area contributed by atoms with E-state index in [0.717, 1.165) is 6.26 Å². The lowest BCUT2D eigenvalue weighted by Gasteiger charge is -2.09. The van der Waals surface area contributed by atoms with E-state index in [-0.39, 0.29) is 11.4 Å². The van der Waals surface area contributed by atoms with Crippen molar-refractivity contribution in [3.63, 3.8) is 0 Å². The van der Waals surface area contributed by atoms with Crippen LogP contribution in [0.4, 0.5) is 5.69 Å². The Bertz CT molecular complexity index is 892. The van der Waals surface area contributed by atoms with Crippen LogP contribution in [0.1, 0.15) is 17.3 Å². The predicted octanol–water partition coefficient (Wildman–Crippen LogP) is 1.86. The summed E-state index contributed by atoms with van der Waals surface area (Å²) < 4.78 is 28.4. The fraction of sp³-hybridized carbons (Fsp3) is 0.222. The minimum Gasteiger partial charge on any atom is -0.494 e. The van der Waals surface area contributed by atoms with Crippen molar-refractivity contribution < 1.29 is 22.7 Å². The number of amides is 2. The van der Waals surface area contributed by atoms with E-state index in [1.165, 1.54) is 18.2 Å². The van der Waals surface area contributed by atoms with Crippen molar-refractivity contribution in [3.05, 3.63) is 54.1 Å². The fourth-order valence-corrected chi connectivity index (χ4v) is 2.81. The molecule has 0 fully saturated rings. The van der Waals surface area contributed by atoms with E-state index in [9.17, 15) is 18.0 Å². The van der Waals surface area contributed by atoms with Gasteiger partial charge in [0.1, 0.15) is 5.75 Å². The maximum atomic E-state index is 12.0. The fourth-order valence-electron chi connectivity index (χ4n) is 2.14. The highest BCUT2D eigenvalue weighted by molar-refractivity contribution is 7.90. The molecule has 0 bridgehead atoms. The normalized spacial score (nSPS) is 10.8.